The zero-order chi connectivity index (χ0) is 16.4. The molecule has 7 nitrogen and oxygen atoms in total. The Kier molecular flexibility index (Phi) is 4.01. The number of rotatable bonds is 4. The van der Waals surface area contributed by atoms with Crippen LogP contribution in [0.2, 0.25) is 0 Å². The molecule has 0 spiro atoms. The van der Waals surface area contributed by atoms with Crippen LogP contribution in [-0.2, 0) is 11.8 Å². The van der Waals surface area contributed by atoms with E-state index in [9.17, 15) is 9.59 Å². The fourth-order valence-corrected chi connectivity index (χ4v) is 2.83. The van der Waals surface area contributed by atoms with E-state index in [1.807, 2.05) is 42.1 Å². The first-order valence-corrected chi connectivity index (χ1v) is 7.48. The van der Waals surface area contributed by atoms with Crippen molar-refractivity contribution >= 4 is 11.8 Å². The van der Waals surface area contributed by atoms with E-state index in [4.69, 9.17) is 5.73 Å². The molecule has 0 aromatic carbocycles. The summed E-state index contributed by atoms with van der Waals surface area (Å²) in [6.07, 6.45) is 6.93. The number of amides is 2. The molecule has 4 N–H and O–H groups in total. The Bertz CT molecular complexity index is 758. The van der Waals surface area contributed by atoms with E-state index in [0.717, 1.165) is 5.69 Å². The number of nitrogens with zero attached hydrogens (tertiary/aromatic N) is 2. The molecule has 1 aliphatic carbocycles. The molecule has 0 fully saturated rings. The SMILES string of the molecule is Cn1cccc1-c1cc(C(=O)N[C@@H]2CC=CC[C@H]2C(N)=O)[nH]n1. The molecule has 0 saturated carbocycles. The third-order valence-corrected chi connectivity index (χ3v) is 4.14. The van der Waals surface area contributed by atoms with Gasteiger partial charge >= 0.3 is 0 Å². The van der Waals surface area contributed by atoms with Gasteiger partial charge in [-0.25, -0.2) is 0 Å². The Balaban J connectivity index is 1.74. The molecular formula is C16H19N5O2. The Morgan fingerprint density at radius 2 is 2.17 bits per heavy atom. The number of aromatic nitrogens is 3. The average Bonchev–Trinajstić information content (AvgIpc) is 3.16. The average molecular weight is 313 g/mol. The Morgan fingerprint density at radius 1 is 1.39 bits per heavy atom. The van der Waals surface area contributed by atoms with Crippen LogP contribution in [0.1, 0.15) is 23.3 Å². The topological polar surface area (TPSA) is 106 Å². The molecule has 1 aliphatic rings. The van der Waals surface area contributed by atoms with Crippen molar-refractivity contribution in [3.8, 4) is 11.4 Å². The number of carbonyl (C=O) groups is 2. The van der Waals surface area contributed by atoms with Crippen LogP contribution in [0.5, 0.6) is 0 Å². The van der Waals surface area contributed by atoms with E-state index in [2.05, 4.69) is 15.5 Å². The molecule has 2 atom stereocenters. The van der Waals surface area contributed by atoms with Gasteiger partial charge in [0, 0.05) is 19.3 Å². The van der Waals surface area contributed by atoms with Crippen LogP contribution in [0.4, 0.5) is 0 Å². The second-order valence-electron chi connectivity index (χ2n) is 5.70. The van der Waals surface area contributed by atoms with Gasteiger partial charge in [0.1, 0.15) is 11.4 Å². The highest BCUT2D eigenvalue weighted by molar-refractivity contribution is 5.94. The molecule has 2 heterocycles. The third-order valence-electron chi connectivity index (χ3n) is 4.14. The summed E-state index contributed by atoms with van der Waals surface area (Å²) in [4.78, 5) is 23.9. The Labute approximate surface area is 133 Å². The fraction of sp³-hybridized carbons (Fsp3) is 0.312. The van der Waals surface area contributed by atoms with Gasteiger partial charge < -0.3 is 15.6 Å². The first kappa shape index (κ1) is 15.1. The van der Waals surface area contributed by atoms with Crippen molar-refractivity contribution in [1.82, 2.24) is 20.1 Å². The number of nitrogens with two attached hydrogens (primary N) is 1. The van der Waals surface area contributed by atoms with Gasteiger partial charge in [0.2, 0.25) is 5.91 Å². The first-order chi connectivity index (χ1) is 11.1. The standard InChI is InChI=1S/C16H19N5O2/c1-21-8-4-7-14(21)12-9-13(20-19-12)16(23)18-11-6-3-2-5-10(11)15(17)22/h2-4,7-11H,5-6H2,1H3,(H2,17,22)(H,18,23)(H,19,20)/t10-,11-/m1/s1. The van der Waals surface area contributed by atoms with Crippen molar-refractivity contribution in [2.45, 2.75) is 18.9 Å². The summed E-state index contributed by atoms with van der Waals surface area (Å²) in [7, 11) is 1.91. The number of hydrogen-bond acceptors (Lipinski definition) is 3. The van der Waals surface area contributed by atoms with Crippen molar-refractivity contribution in [2.75, 3.05) is 0 Å². The monoisotopic (exact) mass is 313 g/mol. The summed E-state index contributed by atoms with van der Waals surface area (Å²) in [6.45, 7) is 0. The van der Waals surface area contributed by atoms with Crippen LogP contribution in [0.25, 0.3) is 11.4 Å². The number of hydrogen-bond donors (Lipinski definition) is 3. The smallest absolute Gasteiger partial charge is 0.269 e. The Hall–Kier alpha value is -2.83. The van der Waals surface area contributed by atoms with Crippen LogP contribution >= 0.6 is 0 Å². The quantitative estimate of drug-likeness (QED) is 0.732. The van der Waals surface area contributed by atoms with E-state index < -0.39 is 5.91 Å². The molecule has 3 rings (SSSR count). The predicted octanol–water partition coefficient (Wildman–Crippen LogP) is 0.965. The van der Waals surface area contributed by atoms with Crippen molar-refractivity contribution in [3.63, 3.8) is 0 Å². The molecule has 0 saturated heterocycles. The van der Waals surface area contributed by atoms with Crippen LogP contribution in [0, 0.1) is 5.92 Å². The minimum Gasteiger partial charge on any atom is -0.369 e. The molecule has 0 radical (unpaired) electrons. The lowest BCUT2D eigenvalue weighted by molar-refractivity contribution is -0.122. The van der Waals surface area contributed by atoms with Gasteiger partial charge in [-0.05, 0) is 31.0 Å². The zero-order valence-corrected chi connectivity index (χ0v) is 12.8. The minimum atomic E-state index is -0.395. The van der Waals surface area contributed by atoms with Gasteiger partial charge in [0.25, 0.3) is 5.91 Å². The first-order valence-electron chi connectivity index (χ1n) is 7.48. The van der Waals surface area contributed by atoms with Gasteiger partial charge in [0.05, 0.1) is 11.6 Å². The number of H-pyrrole nitrogens is 1. The maximum absolute atomic E-state index is 12.4. The highest BCUT2D eigenvalue weighted by Gasteiger charge is 2.29. The molecule has 0 bridgehead atoms. The van der Waals surface area contributed by atoms with Crippen LogP contribution in [0.15, 0.2) is 36.5 Å². The third kappa shape index (κ3) is 3.03. The van der Waals surface area contributed by atoms with E-state index in [0.29, 0.717) is 24.2 Å². The number of nitrogens with one attached hydrogen (secondary N) is 2. The number of carbonyl (C=O) groups excluding carboxylic acids is 2. The van der Waals surface area contributed by atoms with Gasteiger partial charge in [-0.15, -0.1) is 0 Å². The molecule has 0 unspecified atom stereocenters. The number of aromatic amines is 1. The molecule has 120 valence electrons. The second kappa shape index (κ2) is 6.12. The molecule has 0 aliphatic heterocycles. The minimum absolute atomic E-state index is 0.285. The van der Waals surface area contributed by atoms with Crippen LogP contribution in [-0.4, -0.2) is 32.6 Å². The summed E-state index contributed by atoms with van der Waals surface area (Å²) in [5.74, 6) is -1.06. The fourth-order valence-electron chi connectivity index (χ4n) is 2.83. The van der Waals surface area contributed by atoms with Crippen LogP contribution < -0.4 is 11.1 Å². The normalized spacial score (nSPS) is 20.4. The maximum Gasteiger partial charge on any atom is 0.269 e. The summed E-state index contributed by atoms with van der Waals surface area (Å²) in [5, 5.41) is 9.79. The summed E-state index contributed by atoms with van der Waals surface area (Å²) >= 11 is 0. The molecule has 2 aromatic rings. The Morgan fingerprint density at radius 3 is 2.87 bits per heavy atom. The van der Waals surface area contributed by atoms with E-state index in [-0.39, 0.29) is 17.9 Å². The molecule has 2 aromatic heterocycles. The van der Waals surface area contributed by atoms with Crippen molar-refractivity contribution in [2.24, 2.45) is 18.7 Å². The lowest BCUT2D eigenvalue weighted by atomic mass is 9.88. The predicted molar refractivity (Wildman–Crippen MR) is 85.3 cm³/mol. The largest absolute Gasteiger partial charge is 0.369 e. The summed E-state index contributed by atoms with van der Waals surface area (Å²) in [6, 6.07) is 5.25. The molecular weight excluding hydrogens is 294 g/mol. The van der Waals surface area contributed by atoms with Gasteiger partial charge in [0.15, 0.2) is 0 Å². The number of primary amides is 1. The lowest BCUT2D eigenvalue weighted by Gasteiger charge is -2.26. The molecule has 23 heavy (non-hydrogen) atoms. The molecule has 2 amide bonds. The molecule has 7 heteroatoms. The van der Waals surface area contributed by atoms with Gasteiger partial charge in [-0.2, -0.15) is 5.10 Å². The highest BCUT2D eigenvalue weighted by atomic mass is 16.2. The zero-order valence-electron chi connectivity index (χ0n) is 12.8. The summed E-state index contributed by atoms with van der Waals surface area (Å²) in [5.41, 5.74) is 7.38. The maximum atomic E-state index is 12.4. The highest BCUT2D eigenvalue weighted by Crippen LogP contribution is 2.20. The van der Waals surface area contributed by atoms with Crippen molar-refractivity contribution in [3.05, 3.63) is 42.2 Å². The number of allylic oxidation sites excluding steroid dienone is 1. The van der Waals surface area contributed by atoms with Crippen molar-refractivity contribution in [1.29, 1.82) is 0 Å². The van der Waals surface area contributed by atoms with Crippen LogP contribution in [0.3, 0.4) is 0 Å². The summed E-state index contributed by atoms with van der Waals surface area (Å²) < 4.78 is 1.92. The van der Waals surface area contributed by atoms with Gasteiger partial charge in [-0.3, -0.25) is 14.7 Å². The lowest BCUT2D eigenvalue weighted by Crippen LogP contribution is -2.46. The van der Waals surface area contributed by atoms with Crippen molar-refractivity contribution < 1.29 is 9.59 Å². The second-order valence-corrected chi connectivity index (χ2v) is 5.70. The van der Waals surface area contributed by atoms with Gasteiger partial charge in [-0.1, -0.05) is 12.2 Å². The number of aryl methyl sites for hydroxylation is 1. The van der Waals surface area contributed by atoms with E-state index in [1.165, 1.54) is 0 Å². The van der Waals surface area contributed by atoms with E-state index in [1.54, 1.807) is 6.07 Å². The van der Waals surface area contributed by atoms with E-state index >= 15 is 0 Å².